The van der Waals surface area contributed by atoms with E-state index in [-0.39, 0.29) is 17.7 Å². The number of rotatable bonds is 7. The van der Waals surface area contributed by atoms with Crippen molar-refractivity contribution in [3.05, 3.63) is 35.9 Å². The van der Waals surface area contributed by atoms with Gasteiger partial charge in [-0.25, -0.2) is 0 Å². The highest BCUT2D eigenvalue weighted by molar-refractivity contribution is 5.97. The van der Waals surface area contributed by atoms with Crippen LogP contribution >= 0.6 is 0 Å². The summed E-state index contributed by atoms with van der Waals surface area (Å²) in [6.07, 6.45) is 0. The number of carbonyl (C=O) groups is 2. The average molecular weight is 291 g/mol. The van der Waals surface area contributed by atoms with Crippen molar-refractivity contribution in [1.82, 2.24) is 15.5 Å². The maximum absolute atomic E-state index is 12.4. The minimum Gasteiger partial charge on any atom is -0.343 e. The molecule has 1 unspecified atom stereocenters. The van der Waals surface area contributed by atoms with Crippen molar-refractivity contribution in [2.24, 2.45) is 5.92 Å². The van der Waals surface area contributed by atoms with Crippen LogP contribution in [0.5, 0.6) is 0 Å². The van der Waals surface area contributed by atoms with Crippen molar-refractivity contribution in [1.29, 1.82) is 0 Å². The minimum atomic E-state index is -0.514. The fourth-order valence-electron chi connectivity index (χ4n) is 1.95. The Morgan fingerprint density at radius 2 is 1.81 bits per heavy atom. The van der Waals surface area contributed by atoms with Gasteiger partial charge in [-0.3, -0.25) is 9.59 Å². The summed E-state index contributed by atoms with van der Waals surface area (Å²) in [5, 5.41) is 5.85. The zero-order valence-electron chi connectivity index (χ0n) is 13.2. The third-order valence-corrected chi connectivity index (χ3v) is 3.33. The van der Waals surface area contributed by atoms with E-state index in [0.717, 1.165) is 6.54 Å². The van der Waals surface area contributed by atoms with Crippen molar-refractivity contribution in [3.8, 4) is 0 Å². The average Bonchev–Trinajstić information content (AvgIpc) is 2.49. The van der Waals surface area contributed by atoms with Gasteiger partial charge in [-0.15, -0.1) is 0 Å². The lowest BCUT2D eigenvalue weighted by molar-refractivity contribution is -0.132. The van der Waals surface area contributed by atoms with E-state index in [1.165, 1.54) is 0 Å². The molecule has 1 aromatic carbocycles. The standard InChI is InChI=1S/C16H25N3O2/c1-12(2)14(16(21)19(4)11-10-17-3)18-15(20)13-8-6-5-7-9-13/h5-9,12,14,17H,10-11H2,1-4H3,(H,18,20). The van der Waals surface area contributed by atoms with Crippen molar-refractivity contribution < 1.29 is 9.59 Å². The summed E-state index contributed by atoms with van der Waals surface area (Å²) < 4.78 is 0. The first-order valence-electron chi connectivity index (χ1n) is 7.22. The first kappa shape index (κ1) is 17.2. The molecular formula is C16H25N3O2. The largest absolute Gasteiger partial charge is 0.343 e. The first-order valence-corrected chi connectivity index (χ1v) is 7.22. The Balaban J connectivity index is 2.74. The number of benzene rings is 1. The molecule has 0 fully saturated rings. The van der Waals surface area contributed by atoms with Gasteiger partial charge in [0.1, 0.15) is 6.04 Å². The van der Waals surface area contributed by atoms with E-state index in [1.54, 1.807) is 36.2 Å². The zero-order valence-corrected chi connectivity index (χ0v) is 13.2. The molecule has 1 rings (SSSR count). The number of carbonyl (C=O) groups excluding carboxylic acids is 2. The minimum absolute atomic E-state index is 0.0298. The van der Waals surface area contributed by atoms with Crippen LogP contribution in [0, 0.1) is 5.92 Å². The summed E-state index contributed by atoms with van der Waals surface area (Å²) in [7, 11) is 3.60. The Bertz CT molecular complexity index is 460. The van der Waals surface area contributed by atoms with Gasteiger partial charge in [0.15, 0.2) is 0 Å². The van der Waals surface area contributed by atoms with Crippen LogP contribution in [0.1, 0.15) is 24.2 Å². The number of nitrogens with zero attached hydrogens (tertiary/aromatic N) is 1. The van der Waals surface area contributed by atoms with Crippen LogP contribution in [0.2, 0.25) is 0 Å². The number of likely N-dealkylation sites (N-methyl/N-ethyl adjacent to an activating group) is 2. The molecule has 0 radical (unpaired) electrons. The van der Waals surface area contributed by atoms with Crippen LogP contribution in [-0.4, -0.2) is 49.9 Å². The van der Waals surface area contributed by atoms with E-state index in [4.69, 9.17) is 0 Å². The van der Waals surface area contributed by atoms with E-state index < -0.39 is 6.04 Å². The number of nitrogens with one attached hydrogen (secondary N) is 2. The molecule has 21 heavy (non-hydrogen) atoms. The predicted molar refractivity (Wildman–Crippen MR) is 84.1 cm³/mol. The summed E-state index contributed by atoms with van der Waals surface area (Å²) in [5.74, 6) is -0.253. The van der Waals surface area contributed by atoms with Crippen molar-refractivity contribution >= 4 is 11.8 Å². The monoisotopic (exact) mass is 291 g/mol. The van der Waals surface area contributed by atoms with Gasteiger partial charge in [0.25, 0.3) is 5.91 Å². The molecule has 1 atom stereocenters. The van der Waals surface area contributed by atoms with E-state index >= 15 is 0 Å². The second-order valence-corrected chi connectivity index (χ2v) is 5.42. The van der Waals surface area contributed by atoms with Crippen molar-refractivity contribution in [2.45, 2.75) is 19.9 Å². The molecular weight excluding hydrogens is 266 g/mol. The van der Waals surface area contributed by atoms with E-state index in [9.17, 15) is 9.59 Å². The van der Waals surface area contributed by atoms with Crippen LogP contribution in [0.4, 0.5) is 0 Å². The first-order chi connectivity index (χ1) is 9.97. The van der Waals surface area contributed by atoms with Gasteiger partial charge in [-0.1, -0.05) is 32.0 Å². The maximum Gasteiger partial charge on any atom is 0.251 e. The molecule has 2 amide bonds. The molecule has 1 aromatic rings. The molecule has 0 bridgehead atoms. The smallest absolute Gasteiger partial charge is 0.251 e. The summed E-state index contributed by atoms with van der Waals surface area (Å²) in [5.41, 5.74) is 0.564. The molecule has 0 aliphatic carbocycles. The van der Waals surface area contributed by atoms with E-state index in [2.05, 4.69) is 10.6 Å². The molecule has 0 aliphatic heterocycles. The lowest BCUT2D eigenvalue weighted by Crippen LogP contribution is -2.51. The quantitative estimate of drug-likeness (QED) is 0.791. The SMILES string of the molecule is CNCCN(C)C(=O)C(NC(=O)c1ccccc1)C(C)C. The van der Waals surface area contributed by atoms with Crippen LogP contribution < -0.4 is 10.6 Å². The topological polar surface area (TPSA) is 61.4 Å². The molecule has 116 valence electrons. The van der Waals surface area contributed by atoms with Gasteiger partial charge in [0.2, 0.25) is 5.91 Å². The number of amides is 2. The van der Waals surface area contributed by atoms with Gasteiger partial charge in [0, 0.05) is 25.7 Å². The Labute approximate surface area is 126 Å². The zero-order chi connectivity index (χ0) is 15.8. The molecule has 0 heterocycles. The Kier molecular flexibility index (Phi) is 6.88. The highest BCUT2D eigenvalue weighted by Crippen LogP contribution is 2.07. The molecule has 0 aromatic heterocycles. The molecule has 0 spiro atoms. The second kappa shape index (κ2) is 8.42. The summed E-state index contributed by atoms with van der Waals surface area (Å²) in [4.78, 5) is 26.3. The van der Waals surface area contributed by atoms with Gasteiger partial charge in [-0.2, -0.15) is 0 Å². The highest BCUT2D eigenvalue weighted by Gasteiger charge is 2.26. The van der Waals surface area contributed by atoms with Gasteiger partial charge in [-0.05, 0) is 25.1 Å². The Morgan fingerprint density at radius 1 is 1.19 bits per heavy atom. The normalized spacial score (nSPS) is 12.0. The van der Waals surface area contributed by atoms with E-state index in [1.807, 2.05) is 27.0 Å². The summed E-state index contributed by atoms with van der Waals surface area (Å²) in [6.45, 7) is 5.19. The summed E-state index contributed by atoms with van der Waals surface area (Å²) in [6, 6.07) is 8.43. The second-order valence-electron chi connectivity index (χ2n) is 5.42. The van der Waals surface area contributed by atoms with Crippen LogP contribution in [-0.2, 0) is 4.79 Å². The molecule has 2 N–H and O–H groups in total. The fourth-order valence-corrected chi connectivity index (χ4v) is 1.95. The molecule has 5 heteroatoms. The predicted octanol–water partition coefficient (Wildman–Crippen LogP) is 1.12. The maximum atomic E-state index is 12.4. The van der Waals surface area contributed by atoms with Crippen molar-refractivity contribution in [3.63, 3.8) is 0 Å². The molecule has 0 saturated carbocycles. The Hall–Kier alpha value is -1.88. The van der Waals surface area contributed by atoms with Crippen molar-refractivity contribution in [2.75, 3.05) is 27.2 Å². The van der Waals surface area contributed by atoms with Crippen LogP contribution in [0.3, 0.4) is 0 Å². The van der Waals surface area contributed by atoms with Gasteiger partial charge >= 0.3 is 0 Å². The lowest BCUT2D eigenvalue weighted by Gasteiger charge is -2.27. The summed E-state index contributed by atoms with van der Waals surface area (Å²) >= 11 is 0. The third-order valence-electron chi connectivity index (χ3n) is 3.33. The highest BCUT2D eigenvalue weighted by atomic mass is 16.2. The molecule has 0 aliphatic rings. The van der Waals surface area contributed by atoms with Gasteiger partial charge in [0.05, 0.1) is 0 Å². The van der Waals surface area contributed by atoms with Crippen LogP contribution in [0.15, 0.2) is 30.3 Å². The molecule has 5 nitrogen and oxygen atoms in total. The van der Waals surface area contributed by atoms with E-state index in [0.29, 0.717) is 12.1 Å². The fraction of sp³-hybridized carbons (Fsp3) is 0.500. The lowest BCUT2D eigenvalue weighted by atomic mass is 10.0. The number of hydrogen-bond acceptors (Lipinski definition) is 3. The van der Waals surface area contributed by atoms with Gasteiger partial charge < -0.3 is 15.5 Å². The number of hydrogen-bond donors (Lipinski definition) is 2. The molecule has 0 saturated heterocycles. The van der Waals surface area contributed by atoms with Crippen LogP contribution in [0.25, 0.3) is 0 Å². The Morgan fingerprint density at radius 3 is 2.33 bits per heavy atom. The third kappa shape index (κ3) is 5.19.